The standard InChI is InChI=1S/C22H35N3O4/c1-15(2)22(6,7)28-19(26)17-10-9-12-23-18(17)24(8)16-11-13-25(14-16)20(27)29-21(3,4)5/h9-10,12,15-16H,11,13-14H2,1-8H3/t16-/m1/s1. The molecule has 0 saturated carbocycles. The van der Waals surface area contributed by atoms with E-state index >= 15 is 0 Å². The lowest BCUT2D eigenvalue weighted by atomic mass is 9.94. The summed E-state index contributed by atoms with van der Waals surface area (Å²) in [6, 6.07) is 3.51. The zero-order valence-corrected chi connectivity index (χ0v) is 19.0. The SMILES string of the molecule is CC(C)C(C)(C)OC(=O)c1cccnc1N(C)[C@@H]1CCN(C(=O)OC(C)(C)C)C1. The highest BCUT2D eigenvalue weighted by molar-refractivity contribution is 5.95. The van der Waals surface area contributed by atoms with Crippen LogP contribution in [-0.2, 0) is 9.47 Å². The predicted molar refractivity (Wildman–Crippen MR) is 113 cm³/mol. The smallest absolute Gasteiger partial charge is 0.410 e. The monoisotopic (exact) mass is 405 g/mol. The average Bonchev–Trinajstić information content (AvgIpc) is 3.09. The second-order valence-electron chi connectivity index (χ2n) is 9.50. The predicted octanol–water partition coefficient (Wildman–Crippen LogP) is 4.12. The van der Waals surface area contributed by atoms with Crippen LogP contribution in [0.4, 0.5) is 10.6 Å². The van der Waals surface area contributed by atoms with Crippen molar-refractivity contribution < 1.29 is 19.1 Å². The maximum Gasteiger partial charge on any atom is 0.410 e. The van der Waals surface area contributed by atoms with Gasteiger partial charge in [-0.25, -0.2) is 14.6 Å². The van der Waals surface area contributed by atoms with Crippen molar-refractivity contribution >= 4 is 17.9 Å². The van der Waals surface area contributed by atoms with Gasteiger partial charge in [0.2, 0.25) is 0 Å². The number of hydrogen-bond donors (Lipinski definition) is 0. The fourth-order valence-electron chi connectivity index (χ4n) is 2.97. The van der Waals surface area contributed by atoms with Gasteiger partial charge in [-0.05, 0) is 59.1 Å². The molecule has 1 aliphatic rings. The molecule has 2 heterocycles. The van der Waals surface area contributed by atoms with E-state index in [1.165, 1.54) is 0 Å². The summed E-state index contributed by atoms with van der Waals surface area (Å²) in [5.41, 5.74) is -0.675. The highest BCUT2D eigenvalue weighted by Crippen LogP contribution is 2.27. The van der Waals surface area contributed by atoms with Gasteiger partial charge in [0.05, 0.1) is 0 Å². The Morgan fingerprint density at radius 1 is 1.21 bits per heavy atom. The number of anilines is 1. The summed E-state index contributed by atoms with van der Waals surface area (Å²) >= 11 is 0. The summed E-state index contributed by atoms with van der Waals surface area (Å²) in [5, 5.41) is 0. The van der Waals surface area contributed by atoms with Gasteiger partial charge in [0.15, 0.2) is 0 Å². The number of carbonyl (C=O) groups excluding carboxylic acids is 2. The lowest BCUT2D eigenvalue weighted by molar-refractivity contribution is -0.0222. The van der Waals surface area contributed by atoms with E-state index in [0.29, 0.717) is 24.5 Å². The van der Waals surface area contributed by atoms with E-state index in [0.717, 1.165) is 6.42 Å². The van der Waals surface area contributed by atoms with Crippen molar-refractivity contribution in [1.29, 1.82) is 0 Å². The van der Waals surface area contributed by atoms with Crippen molar-refractivity contribution in [3.05, 3.63) is 23.9 Å². The first kappa shape index (κ1) is 23.0. The van der Waals surface area contributed by atoms with Gasteiger partial charge in [-0.1, -0.05) is 13.8 Å². The van der Waals surface area contributed by atoms with Crippen molar-refractivity contribution in [3.8, 4) is 0 Å². The van der Waals surface area contributed by atoms with Crippen molar-refractivity contribution in [2.45, 2.75) is 72.1 Å². The zero-order valence-electron chi connectivity index (χ0n) is 19.0. The van der Waals surface area contributed by atoms with E-state index in [9.17, 15) is 9.59 Å². The highest BCUT2D eigenvalue weighted by atomic mass is 16.6. The fourth-order valence-corrected chi connectivity index (χ4v) is 2.97. The molecule has 0 radical (unpaired) electrons. The Hall–Kier alpha value is -2.31. The van der Waals surface area contributed by atoms with Crippen LogP contribution in [-0.4, -0.2) is 59.3 Å². The van der Waals surface area contributed by atoms with Gasteiger partial charge >= 0.3 is 12.1 Å². The lowest BCUT2D eigenvalue weighted by Gasteiger charge is -2.31. The first-order valence-electron chi connectivity index (χ1n) is 10.2. The maximum atomic E-state index is 12.9. The second-order valence-corrected chi connectivity index (χ2v) is 9.50. The van der Waals surface area contributed by atoms with Gasteiger partial charge in [0, 0.05) is 32.4 Å². The molecule has 7 heteroatoms. The molecule has 162 valence electrons. The van der Waals surface area contributed by atoms with Gasteiger partial charge in [-0.2, -0.15) is 0 Å². The summed E-state index contributed by atoms with van der Waals surface area (Å²) in [7, 11) is 1.90. The van der Waals surface area contributed by atoms with Gasteiger partial charge in [0.25, 0.3) is 0 Å². The maximum absolute atomic E-state index is 12.9. The summed E-state index contributed by atoms with van der Waals surface area (Å²) in [5.74, 6) is 0.357. The molecule has 29 heavy (non-hydrogen) atoms. The third kappa shape index (κ3) is 5.84. The molecule has 0 aromatic carbocycles. The zero-order chi connectivity index (χ0) is 22.0. The molecule has 0 unspecified atom stereocenters. The number of esters is 1. The number of carbonyl (C=O) groups is 2. The highest BCUT2D eigenvalue weighted by Gasteiger charge is 2.34. The van der Waals surface area contributed by atoms with Gasteiger partial charge in [-0.15, -0.1) is 0 Å². The molecule has 2 rings (SSSR count). The molecule has 0 bridgehead atoms. The number of ether oxygens (including phenoxy) is 2. The van der Waals surface area contributed by atoms with E-state index in [-0.39, 0.29) is 24.0 Å². The molecule has 0 spiro atoms. The van der Waals surface area contributed by atoms with E-state index in [4.69, 9.17) is 9.47 Å². The van der Waals surface area contributed by atoms with Crippen molar-refractivity contribution in [2.24, 2.45) is 5.92 Å². The molecule has 1 amide bonds. The molecule has 7 nitrogen and oxygen atoms in total. The summed E-state index contributed by atoms with van der Waals surface area (Å²) in [6.07, 6.45) is 2.13. The quantitative estimate of drug-likeness (QED) is 0.686. The topological polar surface area (TPSA) is 72.0 Å². The minimum atomic E-state index is -0.580. The lowest BCUT2D eigenvalue weighted by Crippen LogP contribution is -2.40. The molecule has 0 aliphatic carbocycles. The Kier molecular flexibility index (Phi) is 6.81. The van der Waals surface area contributed by atoms with Crippen molar-refractivity contribution in [1.82, 2.24) is 9.88 Å². The van der Waals surface area contributed by atoms with E-state index in [2.05, 4.69) is 4.98 Å². The number of hydrogen-bond acceptors (Lipinski definition) is 6. The Balaban J connectivity index is 2.14. The molecular formula is C22H35N3O4. The minimum absolute atomic E-state index is 0.0436. The van der Waals surface area contributed by atoms with Crippen LogP contribution in [0, 0.1) is 5.92 Å². The van der Waals surface area contributed by atoms with Crippen LogP contribution in [0.1, 0.15) is 65.2 Å². The second kappa shape index (κ2) is 8.59. The third-order valence-corrected chi connectivity index (χ3v) is 5.45. The van der Waals surface area contributed by atoms with Crippen LogP contribution in [0.25, 0.3) is 0 Å². The largest absolute Gasteiger partial charge is 0.456 e. The van der Waals surface area contributed by atoms with Crippen LogP contribution in [0.3, 0.4) is 0 Å². The first-order chi connectivity index (χ1) is 13.3. The van der Waals surface area contributed by atoms with Gasteiger partial charge in [0.1, 0.15) is 22.6 Å². The number of amides is 1. The van der Waals surface area contributed by atoms with Crippen molar-refractivity contribution in [2.75, 3.05) is 25.0 Å². The number of pyridine rings is 1. The summed E-state index contributed by atoms with van der Waals surface area (Å²) in [4.78, 5) is 33.3. The van der Waals surface area contributed by atoms with Crippen LogP contribution in [0.5, 0.6) is 0 Å². The van der Waals surface area contributed by atoms with Gasteiger partial charge in [-0.3, -0.25) is 0 Å². The minimum Gasteiger partial charge on any atom is -0.456 e. The molecule has 0 N–H and O–H groups in total. The number of aromatic nitrogens is 1. The average molecular weight is 406 g/mol. The third-order valence-electron chi connectivity index (χ3n) is 5.45. The molecule has 1 aromatic heterocycles. The number of likely N-dealkylation sites (tertiary alicyclic amines) is 1. The Morgan fingerprint density at radius 2 is 1.86 bits per heavy atom. The molecular weight excluding hydrogens is 370 g/mol. The first-order valence-corrected chi connectivity index (χ1v) is 10.2. The van der Waals surface area contributed by atoms with E-state index < -0.39 is 11.2 Å². The molecule has 1 atom stereocenters. The molecule has 1 fully saturated rings. The molecule has 1 saturated heterocycles. The van der Waals surface area contributed by atoms with E-state index in [1.54, 1.807) is 23.2 Å². The Labute approximate surface area is 174 Å². The summed E-state index contributed by atoms with van der Waals surface area (Å²) < 4.78 is 11.2. The van der Waals surface area contributed by atoms with Crippen LogP contribution >= 0.6 is 0 Å². The molecule has 1 aromatic rings. The number of likely N-dealkylation sites (N-methyl/N-ethyl adjacent to an activating group) is 1. The van der Waals surface area contributed by atoms with Crippen LogP contribution in [0.15, 0.2) is 18.3 Å². The van der Waals surface area contributed by atoms with E-state index in [1.807, 2.05) is 60.4 Å². The van der Waals surface area contributed by atoms with Crippen molar-refractivity contribution in [3.63, 3.8) is 0 Å². The van der Waals surface area contributed by atoms with Crippen LogP contribution < -0.4 is 4.90 Å². The van der Waals surface area contributed by atoms with Gasteiger partial charge < -0.3 is 19.3 Å². The number of nitrogens with zero attached hydrogens (tertiary/aromatic N) is 3. The Bertz CT molecular complexity index is 740. The number of rotatable bonds is 5. The fraction of sp³-hybridized carbons (Fsp3) is 0.682. The van der Waals surface area contributed by atoms with Crippen LogP contribution in [0.2, 0.25) is 0 Å². The normalized spacial score (nSPS) is 17.4. The molecule has 1 aliphatic heterocycles. The summed E-state index contributed by atoms with van der Waals surface area (Å²) in [6.45, 7) is 14.6. The Morgan fingerprint density at radius 3 is 2.45 bits per heavy atom.